The second-order valence-electron chi connectivity index (χ2n) is 6.55. The molecule has 0 amide bonds. The molecule has 7 nitrogen and oxygen atoms in total. The van der Waals surface area contributed by atoms with Crippen molar-refractivity contribution in [2.75, 3.05) is 44.4 Å². The average Bonchev–Trinajstić information content (AvgIpc) is 2.59. The first-order valence-electron chi connectivity index (χ1n) is 8.71. The van der Waals surface area contributed by atoms with E-state index in [1.54, 1.807) is 13.1 Å². The van der Waals surface area contributed by atoms with Crippen LogP contribution in [0, 0.1) is 12.7 Å². The maximum absolute atomic E-state index is 14.2. The van der Waals surface area contributed by atoms with Crippen LogP contribution in [0.5, 0.6) is 0 Å². The van der Waals surface area contributed by atoms with Gasteiger partial charge < -0.3 is 15.5 Å². The van der Waals surface area contributed by atoms with Crippen LogP contribution in [0.25, 0.3) is 0 Å². The van der Waals surface area contributed by atoms with Crippen LogP contribution in [-0.4, -0.2) is 59.9 Å². The molecule has 0 saturated carbocycles. The second-order valence-corrected chi connectivity index (χ2v) is 8.38. The molecule has 9 heteroatoms. The third-order valence-electron chi connectivity index (χ3n) is 4.21. The van der Waals surface area contributed by atoms with E-state index in [0.29, 0.717) is 24.7 Å². The summed E-state index contributed by atoms with van der Waals surface area (Å²) < 4.78 is 38.7. The number of halogens is 1. The Hall–Kier alpha value is -1.87. The van der Waals surface area contributed by atoms with Crippen molar-refractivity contribution >= 4 is 21.7 Å². The number of piperidine rings is 1. The van der Waals surface area contributed by atoms with Crippen LogP contribution < -0.4 is 20.3 Å². The third-order valence-corrected chi connectivity index (χ3v) is 4.94. The normalized spacial score (nSPS) is 18.7. The molecule has 1 fully saturated rings. The van der Waals surface area contributed by atoms with Gasteiger partial charge in [-0.2, -0.15) is 0 Å². The molecular weight excluding hydrogens is 357 g/mol. The lowest BCUT2D eigenvalue weighted by molar-refractivity contribution is 0.463. The van der Waals surface area contributed by atoms with Gasteiger partial charge >= 0.3 is 0 Å². The number of guanidine groups is 1. The molecule has 1 atom stereocenters. The molecular formula is C17H28FN5O2S. The Kier molecular flexibility index (Phi) is 7.22. The Morgan fingerprint density at radius 1 is 1.38 bits per heavy atom. The van der Waals surface area contributed by atoms with Gasteiger partial charge in [0.2, 0.25) is 10.0 Å². The number of anilines is 1. The Labute approximate surface area is 155 Å². The number of nitrogens with one attached hydrogen (secondary N) is 3. The number of sulfonamides is 1. The van der Waals surface area contributed by atoms with Gasteiger partial charge in [0, 0.05) is 39.3 Å². The molecule has 0 radical (unpaired) electrons. The van der Waals surface area contributed by atoms with Gasteiger partial charge in [0.1, 0.15) is 5.82 Å². The van der Waals surface area contributed by atoms with Crippen molar-refractivity contribution in [1.29, 1.82) is 0 Å². The van der Waals surface area contributed by atoms with Crippen LogP contribution in [0.4, 0.5) is 10.1 Å². The zero-order valence-electron chi connectivity index (χ0n) is 15.5. The summed E-state index contributed by atoms with van der Waals surface area (Å²) in [5.41, 5.74) is 1.67. The van der Waals surface area contributed by atoms with Gasteiger partial charge in [-0.25, -0.2) is 17.5 Å². The highest BCUT2D eigenvalue weighted by atomic mass is 32.2. The molecule has 1 heterocycles. The number of benzene rings is 1. The standard InChI is InChI=1S/C17H28FN5O2S/c1-13-6-7-15(18)16(11-13)23-10-4-5-14(12-23)22-17(19-2)20-8-9-21-26(3,24)25/h6-7,11,14,21H,4-5,8-10,12H2,1-3H3,(H2,19,20,22). The van der Waals surface area contributed by atoms with Crippen LogP contribution >= 0.6 is 0 Å². The molecule has 0 bridgehead atoms. The minimum atomic E-state index is -3.19. The van der Waals surface area contributed by atoms with Crippen LogP contribution in [-0.2, 0) is 10.0 Å². The summed E-state index contributed by atoms with van der Waals surface area (Å²) in [6.45, 7) is 4.17. The van der Waals surface area contributed by atoms with E-state index < -0.39 is 10.0 Å². The van der Waals surface area contributed by atoms with Gasteiger partial charge in [0.15, 0.2) is 5.96 Å². The highest BCUT2D eigenvalue weighted by molar-refractivity contribution is 7.88. The summed E-state index contributed by atoms with van der Waals surface area (Å²) in [6.07, 6.45) is 3.05. The number of aryl methyl sites for hydroxylation is 1. The lowest BCUT2D eigenvalue weighted by atomic mass is 10.0. The molecule has 146 valence electrons. The Bertz CT molecular complexity index is 739. The molecule has 1 aliphatic rings. The minimum Gasteiger partial charge on any atom is -0.367 e. The average molecular weight is 386 g/mol. The Morgan fingerprint density at radius 3 is 2.85 bits per heavy atom. The first-order valence-corrected chi connectivity index (χ1v) is 10.6. The van der Waals surface area contributed by atoms with Crippen molar-refractivity contribution in [2.45, 2.75) is 25.8 Å². The molecule has 3 N–H and O–H groups in total. The summed E-state index contributed by atoms with van der Waals surface area (Å²) >= 11 is 0. The van der Waals surface area contributed by atoms with E-state index in [-0.39, 0.29) is 18.4 Å². The summed E-state index contributed by atoms with van der Waals surface area (Å²) in [5.74, 6) is 0.405. The van der Waals surface area contributed by atoms with E-state index in [0.717, 1.165) is 31.2 Å². The smallest absolute Gasteiger partial charge is 0.208 e. The van der Waals surface area contributed by atoms with E-state index >= 15 is 0 Å². The molecule has 1 saturated heterocycles. The molecule has 0 aromatic heterocycles. The molecule has 1 unspecified atom stereocenters. The molecule has 1 aromatic carbocycles. The third kappa shape index (κ3) is 6.45. The molecule has 0 aliphatic carbocycles. The largest absolute Gasteiger partial charge is 0.367 e. The minimum absolute atomic E-state index is 0.137. The highest BCUT2D eigenvalue weighted by Gasteiger charge is 2.22. The predicted octanol–water partition coefficient (Wildman–Crippen LogP) is 0.817. The summed E-state index contributed by atoms with van der Waals surface area (Å²) in [7, 11) is -1.53. The zero-order chi connectivity index (χ0) is 19.2. The van der Waals surface area contributed by atoms with Gasteiger partial charge in [-0.1, -0.05) is 6.07 Å². The molecule has 1 aromatic rings. The Balaban J connectivity index is 1.89. The van der Waals surface area contributed by atoms with Crippen molar-refractivity contribution in [3.8, 4) is 0 Å². The summed E-state index contributed by atoms with van der Waals surface area (Å²) in [6, 6.07) is 5.30. The number of aliphatic imine (C=N–C) groups is 1. The second kappa shape index (κ2) is 9.18. The van der Waals surface area contributed by atoms with Crippen LogP contribution in [0.3, 0.4) is 0 Å². The van der Waals surface area contributed by atoms with Gasteiger partial charge in [-0.05, 0) is 37.5 Å². The number of nitrogens with zero attached hydrogens (tertiary/aromatic N) is 2. The van der Waals surface area contributed by atoms with Gasteiger partial charge in [-0.3, -0.25) is 4.99 Å². The maximum Gasteiger partial charge on any atom is 0.208 e. The molecule has 0 spiro atoms. The van der Waals surface area contributed by atoms with Crippen molar-refractivity contribution < 1.29 is 12.8 Å². The van der Waals surface area contributed by atoms with E-state index in [9.17, 15) is 12.8 Å². The van der Waals surface area contributed by atoms with Gasteiger partial charge in [-0.15, -0.1) is 0 Å². The fourth-order valence-corrected chi connectivity index (χ4v) is 3.46. The lowest BCUT2D eigenvalue weighted by Gasteiger charge is -2.35. The monoisotopic (exact) mass is 385 g/mol. The van der Waals surface area contributed by atoms with Crippen LogP contribution in [0.15, 0.2) is 23.2 Å². The number of rotatable bonds is 6. The van der Waals surface area contributed by atoms with Crippen LogP contribution in [0.2, 0.25) is 0 Å². The first-order chi connectivity index (χ1) is 12.3. The van der Waals surface area contributed by atoms with Crippen molar-refractivity contribution in [2.24, 2.45) is 4.99 Å². The number of hydrogen-bond donors (Lipinski definition) is 3. The van der Waals surface area contributed by atoms with Gasteiger partial charge in [0.05, 0.1) is 11.9 Å². The van der Waals surface area contributed by atoms with Crippen molar-refractivity contribution in [3.05, 3.63) is 29.6 Å². The van der Waals surface area contributed by atoms with E-state index in [4.69, 9.17) is 0 Å². The van der Waals surface area contributed by atoms with Gasteiger partial charge in [0.25, 0.3) is 0 Å². The summed E-state index contributed by atoms with van der Waals surface area (Å²) in [4.78, 5) is 6.23. The predicted molar refractivity (Wildman–Crippen MR) is 104 cm³/mol. The lowest BCUT2D eigenvalue weighted by Crippen LogP contribution is -2.52. The van der Waals surface area contributed by atoms with Crippen LogP contribution in [0.1, 0.15) is 18.4 Å². The SMILES string of the molecule is CN=C(NCCNS(C)(=O)=O)NC1CCCN(c2cc(C)ccc2F)C1. The number of hydrogen-bond acceptors (Lipinski definition) is 4. The maximum atomic E-state index is 14.2. The Morgan fingerprint density at radius 2 is 2.15 bits per heavy atom. The molecule has 26 heavy (non-hydrogen) atoms. The van der Waals surface area contributed by atoms with E-state index in [1.165, 1.54) is 6.07 Å². The summed E-state index contributed by atoms with van der Waals surface area (Å²) in [5, 5.41) is 6.42. The molecule has 1 aliphatic heterocycles. The van der Waals surface area contributed by atoms with E-state index in [1.807, 2.05) is 13.0 Å². The fraction of sp³-hybridized carbons (Fsp3) is 0.588. The van der Waals surface area contributed by atoms with E-state index in [2.05, 4.69) is 25.2 Å². The quantitative estimate of drug-likeness (QED) is 0.383. The highest BCUT2D eigenvalue weighted by Crippen LogP contribution is 2.24. The molecule has 2 rings (SSSR count). The zero-order valence-corrected chi connectivity index (χ0v) is 16.4. The topological polar surface area (TPSA) is 85.8 Å². The van der Waals surface area contributed by atoms with Crippen molar-refractivity contribution in [1.82, 2.24) is 15.4 Å². The first kappa shape index (κ1) is 20.4. The fourth-order valence-electron chi connectivity index (χ4n) is 2.98. The van der Waals surface area contributed by atoms with Crippen molar-refractivity contribution in [3.63, 3.8) is 0 Å².